The number of carbonyl (C=O) groups excluding carboxylic acids is 1. The van der Waals surface area contributed by atoms with E-state index in [1.165, 1.54) is 0 Å². The summed E-state index contributed by atoms with van der Waals surface area (Å²) >= 11 is 5.85. The molecular formula is C11H18ClNO. The molecule has 2 atom stereocenters. The van der Waals surface area contributed by atoms with E-state index in [2.05, 4.69) is 13.8 Å². The van der Waals surface area contributed by atoms with Crippen LogP contribution in [-0.4, -0.2) is 29.3 Å². The van der Waals surface area contributed by atoms with Crippen LogP contribution >= 0.6 is 11.6 Å². The van der Waals surface area contributed by atoms with Crippen LogP contribution in [0.1, 0.15) is 33.1 Å². The second kappa shape index (κ2) is 3.41. The maximum Gasteiger partial charge on any atom is 0.226 e. The monoisotopic (exact) mass is 215 g/mol. The van der Waals surface area contributed by atoms with Crippen molar-refractivity contribution in [1.29, 1.82) is 0 Å². The van der Waals surface area contributed by atoms with Gasteiger partial charge in [-0.2, -0.15) is 0 Å². The molecule has 2 fully saturated rings. The fourth-order valence-electron chi connectivity index (χ4n) is 2.38. The molecule has 2 rings (SSSR count). The van der Waals surface area contributed by atoms with Gasteiger partial charge in [0.1, 0.15) is 0 Å². The Balaban J connectivity index is 1.98. The molecule has 2 unspecified atom stereocenters. The number of halogens is 1. The van der Waals surface area contributed by atoms with Gasteiger partial charge in [0, 0.05) is 24.4 Å². The first-order chi connectivity index (χ1) is 6.56. The second-order valence-electron chi connectivity index (χ2n) is 5.23. The minimum absolute atomic E-state index is 0.247. The predicted molar refractivity (Wildman–Crippen MR) is 57.3 cm³/mol. The van der Waals surface area contributed by atoms with Crippen molar-refractivity contribution < 1.29 is 4.79 Å². The highest BCUT2D eigenvalue weighted by Crippen LogP contribution is 2.52. The van der Waals surface area contributed by atoms with Crippen LogP contribution in [0.4, 0.5) is 0 Å². The molecule has 1 saturated carbocycles. The van der Waals surface area contributed by atoms with E-state index in [0.29, 0.717) is 17.8 Å². The highest BCUT2D eigenvalue weighted by molar-refractivity contribution is 6.18. The maximum atomic E-state index is 12.1. The molecule has 0 aromatic carbocycles. The van der Waals surface area contributed by atoms with Crippen LogP contribution in [0.5, 0.6) is 0 Å². The summed E-state index contributed by atoms with van der Waals surface area (Å²) < 4.78 is 0. The van der Waals surface area contributed by atoms with Crippen LogP contribution < -0.4 is 0 Å². The van der Waals surface area contributed by atoms with Gasteiger partial charge >= 0.3 is 0 Å². The van der Waals surface area contributed by atoms with Crippen LogP contribution in [0.2, 0.25) is 0 Å². The lowest BCUT2D eigenvalue weighted by molar-refractivity contribution is -0.133. The van der Waals surface area contributed by atoms with Crippen molar-refractivity contribution in [1.82, 2.24) is 4.90 Å². The number of rotatable bonds is 2. The smallest absolute Gasteiger partial charge is 0.226 e. The molecule has 2 aliphatic rings. The van der Waals surface area contributed by atoms with Crippen LogP contribution in [0.25, 0.3) is 0 Å². The number of carbonyl (C=O) groups is 1. The van der Waals surface area contributed by atoms with Crippen molar-refractivity contribution in [2.75, 3.05) is 12.4 Å². The number of hydrogen-bond donors (Lipinski definition) is 0. The number of likely N-dealkylation sites (tertiary alicyclic amines) is 1. The molecule has 0 N–H and O–H groups in total. The van der Waals surface area contributed by atoms with E-state index in [1.807, 2.05) is 4.90 Å². The molecule has 1 aliphatic heterocycles. The van der Waals surface area contributed by atoms with E-state index in [4.69, 9.17) is 11.6 Å². The lowest BCUT2D eigenvalue weighted by atomic mass is 10.1. The zero-order chi connectivity index (χ0) is 10.3. The normalized spacial score (nSPS) is 34.6. The summed E-state index contributed by atoms with van der Waals surface area (Å²) in [5.41, 5.74) is 0.247. The molecule has 2 nitrogen and oxygen atoms in total. The largest absolute Gasteiger partial charge is 0.338 e. The van der Waals surface area contributed by atoms with Crippen molar-refractivity contribution >= 4 is 17.5 Å². The molecule has 80 valence electrons. The predicted octanol–water partition coefficient (Wildman–Crippen LogP) is 2.26. The van der Waals surface area contributed by atoms with Gasteiger partial charge in [-0.15, -0.1) is 11.6 Å². The zero-order valence-electron chi connectivity index (χ0n) is 8.92. The van der Waals surface area contributed by atoms with E-state index in [1.54, 1.807) is 0 Å². The van der Waals surface area contributed by atoms with E-state index >= 15 is 0 Å². The number of amides is 1. The van der Waals surface area contributed by atoms with Crippen LogP contribution in [0.3, 0.4) is 0 Å². The summed E-state index contributed by atoms with van der Waals surface area (Å²) in [6, 6.07) is 0.306. The molecule has 1 aliphatic carbocycles. The summed E-state index contributed by atoms with van der Waals surface area (Å²) in [5, 5.41) is 0. The molecule has 1 heterocycles. The third kappa shape index (κ3) is 1.65. The van der Waals surface area contributed by atoms with Crippen molar-refractivity contribution in [3.63, 3.8) is 0 Å². The molecule has 1 saturated heterocycles. The van der Waals surface area contributed by atoms with E-state index in [9.17, 15) is 4.79 Å². The zero-order valence-corrected chi connectivity index (χ0v) is 9.68. The van der Waals surface area contributed by atoms with E-state index in [0.717, 1.165) is 25.8 Å². The Bertz CT molecular complexity index is 252. The van der Waals surface area contributed by atoms with Gasteiger partial charge in [-0.05, 0) is 24.7 Å². The Kier molecular flexibility index (Phi) is 2.50. The summed E-state index contributed by atoms with van der Waals surface area (Å²) in [4.78, 5) is 14.1. The van der Waals surface area contributed by atoms with E-state index in [-0.39, 0.29) is 11.3 Å². The van der Waals surface area contributed by atoms with Gasteiger partial charge in [0.15, 0.2) is 0 Å². The van der Waals surface area contributed by atoms with Gasteiger partial charge in [-0.1, -0.05) is 13.8 Å². The maximum absolute atomic E-state index is 12.1. The molecule has 0 aromatic rings. The summed E-state index contributed by atoms with van der Waals surface area (Å²) in [5.74, 6) is 1.21. The molecule has 14 heavy (non-hydrogen) atoms. The molecule has 1 amide bonds. The Labute approximate surface area is 90.6 Å². The summed E-state index contributed by atoms with van der Waals surface area (Å²) in [7, 11) is 0. The molecule has 0 spiro atoms. The number of nitrogens with zero attached hydrogens (tertiary/aromatic N) is 1. The minimum atomic E-state index is 0.247. The molecular weight excluding hydrogens is 198 g/mol. The van der Waals surface area contributed by atoms with E-state index < -0.39 is 0 Å². The number of hydrogen-bond acceptors (Lipinski definition) is 1. The molecule has 0 aromatic heterocycles. The standard InChI is InChI=1S/C11H18ClNO/c1-11(2)6-9(11)10(14)13-5-3-4-8(13)7-12/h8-9H,3-7H2,1-2H3. The van der Waals surface area contributed by atoms with Gasteiger partial charge in [-0.25, -0.2) is 0 Å². The molecule has 0 radical (unpaired) electrons. The minimum Gasteiger partial charge on any atom is -0.338 e. The first-order valence-corrected chi connectivity index (χ1v) is 5.96. The van der Waals surface area contributed by atoms with Crippen molar-refractivity contribution in [2.45, 2.75) is 39.2 Å². The van der Waals surface area contributed by atoms with Gasteiger partial charge in [0.2, 0.25) is 5.91 Å². The van der Waals surface area contributed by atoms with Crippen LogP contribution in [0, 0.1) is 11.3 Å². The average Bonchev–Trinajstić information content (AvgIpc) is 2.64. The van der Waals surface area contributed by atoms with Crippen molar-refractivity contribution in [3.05, 3.63) is 0 Å². The van der Waals surface area contributed by atoms with Crippen LogP contribution in [-0.2, 0) is 4.79 Å². The Morgan fingerprint density at radius 1 is 1.57 bits per heavy atom. The third-order valence-corrected chi connectivity index (χ3v) is 4.01. The summed E-state index contributed by atoms with van der Waals surface area (Å²) in [6.07, 6.45) is 3.26. The second-order valence-corrected chi connectivity index (χ2v) is 5.54. The third-order valence-electron chi connectivity index (χ3n) is 3.65. The highest BCUT2D eigenvalue weighted by Gasteiger charge is 2.52. The Morgan fingerprint density at radius 2 is 2.21 bits per heavy atom. The molecule has 0 bridgehead atoms. The fourth-order valence-corrected chi connectivity index (χ4v) is 2.70. The first-order valence-electron chi connectivity index (χ1n) is 5.43. The van der Waals surface area contributed by atoms with Gasteiger partial charge in [0.05, 0.1) is 0 Å². The van der Waals surface area contributed by atoms with Gasteiger partial charge in [-0.3, -0.25) is 4.79 Å². The first kappa shape index (κ1) is 10.3. The lowest BCUT2D eigenvalue weighted by Gasteiger charge is -2.23. The SMILES string of the molecule is CC1(C)CC1C(=O)N1CCCC1CCl. The number of alkyl halides is 1. The Hall–Kier alpha value is -0.240. The lowest BCUT2D eigenvalue weighted by Crippen LogP contribution is -2.38. The molecule has 3 heteroatoms. The average molecular weight is 216 g/mol. The van der Waals surface area contributed by atoms with Gasteiger partial charge in [0.25, 0.3) is 0 Å². The quantitative estimate of drug-likeness (QED) is 0.648. The topological polar surface area (TPSA) is 20.3 Å². The van der Waals surface area contributed by atoms with Crippen molar-refractivity contribution in [2.24, 2.45) is 11.3 Å². The Morgan fingerprint density at radius 3 is 2.71 bits per heavy atom. The highest BCUT2D eigenvalue weighted by atomic mass is 35.5. The van der Waals surface area contributed by atoms with Crippen LogP contribution in [0.15, 0.2) is 0 Å². The van der Waals surface area contributed by atoms with Crippen molar-refractivity contribution in [3.8, 4) is 0 Å². The summed E-state index contributed by atoms with van der Waals surface area (Å²) in [6.45, 7) is 5.26. The fraction of sp³-hybridized carbons (Fsp3) is 0.909. The van der Waals surface area contributed by atoms with Gasteiger partial charge < -0.3 is 4.90 Å².